The van der Waals surface area contributed by atoms with E-state index in [4.69, 9.17) is 0 Å². The van der Waals surface area contributed by atoms with E-state index in [1.54, 1.807) is 4.88 Å². The molecule has 0 saturated heterocycles. The molecule has 1 aliphatic carbocycles. The Morgan fingerprint density at radius 2 is 2.25 bits per heavy atom. The van der Waals surface area contributed by atoms with Crippen molar-refractivity contribution in [1.82, 2.24) is 5.32 Å². The summed E-state index contributed by atoms with van der Waals surface area (Å²) in [6.45, 7) is 2.26. The van der Waals surface area contributed by atoms with Crippen LogP contribution in [-0.4, -0.2) is 0 Å². The Morgan fingerprint density at radius 1 is 1.40 bits per heavy atom. The van der Waals surface area contributed by atoms with Crippen LogP contribution in [-0.2, 0) is 6.42 Å². The molecule has 2 atom stereocenters. The number of fused-ring (bicyclic) bond motifs is 1. The summed E-state index contributed by atoms with van der Waals surface area (Å²) in [5.41, 5.74) is 2.88. The van der Waals surface area contributed by atoms with Gasteiger partial charge < -0.3 is 5.32 Å². The molecule has 0 aliphatic heterocycles. The Hall–Kier alpha value is 0.0900. The molecule has 20 heavy (non-hydrogen) atoms. The number of thiophene rings is 1. The summed E-state index contributed by atoms with van der Waals surface area (Å²) in [7, 11) is 0. The first-order chi connectivity index (χ1) is 9.63. The second kappa shape index (κ2) is 6.46. The maximum Gasteiger partial charge on any atom is 0.0659 e. The molecule has 1 aromatic heterocycles. The number of rotatable bonds is 3. The number of aryl methyl sites for hydroxylation is 1. The standard InChI is InChI=1S/C16H17BrINS/c1-10(11-4-2-5-12(17)8-11)19-14-6-3-7-15-13(14)9-16(18)20-15/h2,4-5,8-10,14,19H,3,6-7H2,1H3/t10-,14?/m1/s1. The van der Waals surface area contributed by atoms with E-state index in [0.29, 0.717) is 12.1 Å². The number of hydrogen-bond acceptors (Lipinski definition) is 2. The molecule has 1 aromatic carbocycles. The highest BCUT2D eigenvalue weighted by Gasteiger charge is 2.24. The van der Waals surface area contributed by atoms with E-state index < -0.39 is 0 Å². The minimum Gasteiger partial charge on any atom is -0.303 e. The Labute approximate surface area is 146 Å². The Balaban J connectivity index is 1.78. The van der Waals surface area contributed by atoms with Gasteiger partial charge in [0.1, 0.15) is 0 Å². The highest BCUT2D eigenvalue weighted by Crippen LogP contribution is 2.37. The van der Waals surface area contributed by atoms with Crippen LogP contribution in [0.1, 0.15) is 47.9 Å². The van der Waals surface area contributed by atoms with Gasteiger partial charge in [0, 0.05) is 21.4 Å². The second-order valence-electron chi connectivity index (χ2n) is 5.32. The number of benzene rings is 1. The van der Waals surface area contributed by atoms with Gasteiger partial charge in [-0.05, 0) is 78.1 Å². The molecule has 4 heteroatoms. The van der Waals surface area contributed by atoms with Gasteiger partial charge in [0.25, 0.3) is 0 Å². The van der Waals surface area contributed by atoms with E-state index in [9.17, 15) is 0 Å². The van der Waals surface area contributed by atoms with Crippen molar-refractivity contribution < 1.29 is 0 Å². The summed E-state index contributed by atoms with van der Waals surface area (Å²) >= 11 is 7.96. The van der Waals surface area contributed by atoms with E-state index >= 15 is 0 Å². The summed E-state index contributed by atoms with van der Waals surface area (Å²) in [4.78, 5) is 1.58. The minimum atomic E-state index is 0.376. The van der Waals surface area contributed by atoms with Crippen molar-refractivity contribution in [1.29, 1.82) is 0 Å². The fraction of sp³-hybridized carbons (Fsp3) is 0.375. The molecule has 0 amide bonds. The lowest BCUT2D eigenvalue weighted by Crippen LogP contribution is -2.27. The zero-order valence-corrected chi connectivity index (χ0v) is 15.9. The summed E-state index contributed by atoms with van der Waals surface area (Å²) in [6.07, 6.45) is 3.80. The average molecular weight is 462 g/mol. The Kier molecular flexibility index (Phi) is 4.85. The van der Waals surface area contributed by atoms with Crippen LogP contribution in [0.3, 0.4) is 0 Å². The lowest BCUT2D eigenvalue weighted by atomic mass is 9.93. The van der Waals surface area contributed by atoms with Gasteiger partial charge in [-0.25, -0.2) is 0 Å². The van der Waals surface area contributed by atoms with Crippen molar-refractivity contribution in [3.63, 3.8) is 0 Å². The topological polar surface area (TPSA) is 12.0 Å². The van der Waals surface area contributed by atoms with Crippen LogP contribution >= 0.6 is 49.9 Å². The first-order valence-corrected chi connectivity index (χ1v) is 9.62. The van der Waals surface area contributed by atoms with Crippen molar-refractivity contribution in [3.8, 4) is 0 Å². The molecule has 3 rings (SSSR count). The van der Waals surface area contributed by atoms with Crippen LogP contribution in [0.2, 0.25) is 0 Å². The first-order valence-electron chi connectivity index (χ1n) is 6.93. The zero-order chi connectivity index (χ0) is 14.1. The van der Waals surface area contributed by atoms with Gasteiger partial charge >= 0.3 is 0 Å². The van der Waals surface area contributed by atoms with E-state index in [1.807, 2.05) is 11.3 Å². The zero-order valence-electron chi connectivity index (χ0n) is 11.3. The third-order valence-corrected chi connectivity index (χ3v) is 6.35. The van der Waals surface area contributed by atoms with Gasteiger partial charge in [0.15, 0.2) is 0 Å². The lowest BCUT2D eigenvalue weighted by Gasteiger charge is -2.27. The van der Waals surface area contributed by atoms with Crippen LogP contribution < -0.4 is 5.32 Å². The molecular formula is C16H17BrINS. The molecule has 0 saturated carbocycles. The molecule has 1 N–H and O–H groups in total. The molecule has 0 radical (unpaired) electrons. The monoisotopic (exact) mass is 461 g/mol. The number of hydrogen-bond donors (Lipinski definition) is 1. The molecule has 106 valence electrons. The molecular weight excluding hydrogens is 445 g/mol. The van der Waals surface area contributed by atoms with Gasteiger partial charge in [0.05, 0.1) is 2.88 Å². The van der Waals surface area contributed by atoms with Crippen molar-refractivity contribution in [3.05, 3.63) is 53.7 Å². The maximum absolute atomic E-state index is 3.81. The predicted molar refractivity (Wildman–Crippen MR) is 98.4 cm³/mol. The van der Waals surface area contributed by atoms with E-state index in [0.717, 1.165) is 4.47 Å². The Morgan fingerprint density at radius 3 is 3.05 bits per heavy atom. The largest absolute Gasteiger partial charge is 0.303 e. The lowest BCUT2D eigenvalue weighted by molar-refractivity contribution is 0.418. The molecule has 1 heterocycles. The molecule has 1 nitrogen and oxygen atoms in total. The Bertz CT molecular complexity index is 610. The van der Waals surface area contributed by atoms with Crippen molar-refractivity contribution in [2.75, 3.05) is 0 Å². The second-order valence-corrected chi connectivity index (χ2v) is 9.26. The highest BCUT2D eigenvalue weighted by molar-refractivity contribution is 14.1. The minimum absolute atomic E-state index is 0.376. The van der Waals surface area contributed by atoms with E-state index in [2.05, 4.69) is 81.1 Å². The van der Waals surface area contributed by atoms with Crippen molar-refractivity contribution >= 4 is 49.9 Å². The van der Waals surface area contributed by atoms with Crippen LogP contribution in [0.4, 0.5) is 0 Å². The summed E-state index contributed by atoms with van der Waals surface area (Å²) in [6, 6.07) is 11.8. The fourth-order valence-corrected chi connectivity index (χ4v) is 5.40. The van der Waals surface area contributed by atoms with Gasteiger partial charge in [-0.1, -0.05) is 28.1 Å². The quantitative estimate of drug-likeness (QED) is 0.566. The molecule has 0 spiro atoms. The van der Waals surface area contributed by atoms with Crippen LogP contribution in [0.15, 0.2) is 34.8 Å². The van der Waals surface area contributed by atoms with E-state index in [-0.39, 0.29) is 0 Å². The first kappa shape index (κ1) is 15.0. The summed E-state index contributed by atoms with van der Waals surface area (Å²) < 4.78 is 2.56. The SMILES string of the molecule is C[C@@H](NC1CCCc2sc(I)cc21)c1cccc(Br)c1. The van der Waals surface area contributed by atoms with Gasteiger partial charge in [-0.2, -0.15) is 0 Å². The van der Waals surface area contributed by atoms with Crippen LogP contribution in [0.25, 0.3) is 0 Å². The average Bonchev–Trinajstić information content (AvgIpc) is 2.80. The van der Waals surface area contributed by atoms with Gasteiger partial charge in [-0.3, -0.25) is 0 Å². The molecule has 1 aliphatic rings. The van der Waals surface area contributed by atoms with Crippen molar-refractivity contribution in [2.45, 2.75) is 38.3 Å². The van der Waals surface area contributed by atoms with E-state index in [1.165, 1.54) is 33.3 Å². The van der Waals surface area contributed by atoms with Crippen LogP contribution in [0, 0.1) is 2.88 Å². The normalized spacial score (nSPS) is 19.6. The molecule has 2 aromatic rings. The van der Waals surface area contributed by atoms with Crippen molar-refractivity contribution in [2.24, 2.45) is 0 Å². The van der Waals surface area contributed by atoms with Crippen LogP contribution in [0.5, 0.6) is 0 Å². The number of halogens is 2. The highest BCUT2D eigenvalue weighted by atomic mass is 127. The molecule has 0 fully saturated rings. The number of nitrogens with one attached hydrogen (secondary N) is 1. The summed E-state index contributed by atoms with van der Waals surface area (Å²) in [5.74, 6) is 0. The third kappa shape index (κ3) is 3.29. The smallest absolute Gasteiger partial charge is 0.0659 e. The van der Waals surface area contributed by atoms with Gasteiger partial charge in [0.2, 0.25) is 0 Å². The molecule has 0 bridgehead atoms. The molecule has 1 unspecified atom stereocenters. The predicted octanol–water partition coefficient (Wildman–Crippen LogP) is 5.84. The third-order valence-electron chi connectivity index (χ3n) is 3.88. The van der Waals surface area contributed by atoms with Gasteiger partial charge in [-0.15, -0.1) is 11.3 Å². The maximum atomic E-state index is 3.81. The summed E-state index contributed by atoms with van der Waals surface area (Å²) in [5, 5.41) is 3.81. The fourth-order valence-electron chi connectivity index (χ4n) is 2.87.